The first-order chi connectivity index (χ1) is 12.4. The van der Waals surface area contributed by atoms with Crippen LogP contribution in [-0.4, -0.2) is 66.0 Å². The molecule has 0 aromatic carbocycles. The lowest BCUT2D eigenvalue weighted by Gasteiger charge is -2.27. The fourth-order valence-corrected chi connectivity index (χ4v) is 3.60. The number of carbonyl (C=O) groups is 2. The molecule has 2 rings (SSSR count). The minimum Gasteiger partial charge on any atom is -0.394 e. The molecule has 0 aromatic heterocycles. The number of hydrogen-bond acceptors (Lipinski definition) is 6. The zero-order valence-corrected chi connectivity index (χ0v) is 16.0. The first-order valence-corrected chi connectivity index (χ1v) is 9.85. The summed E-state index contributed by atoms with van der Waals surface area (Å²) in [6, 6.07) is -0.901. The molecular weight excluding hydrogens is 336 g/mol. The van der Waals surface area contributed by atoms with Crippen LogP contribution in [-0.2, 0) is 14.3 Å². The van der Waals surface area contributed by atoms with Crippen molar-refractivity contribution < 1.29 is 24.5 Å². The monoisotopic (exact) mass is 370 g/mol. The van der Waals surface area contributed by atoms with Crippen LogP contribution in [0.3, 0.4) is 0 Å². The average Bonchev–Trinajstić information content (AvgIpc) is 3.44. The van der Waals surface area contributed by atoms with Crippen molar-refractivity contribution in [2.75, 3.05) is 26.4 Å². The van der Waals surface area contributed by atoms with Crippen molar-refractivity contribution in [3.63, 3.8) is 0 Å². The van der Waals surface area contributed by atoms with Gasteiger partial charge in [0.25, 0.3) is 0 Å². The standard InChI is InChI=1S/C19H34N2O5/c1-13(2)8-16(17(24)19(11-23)12-26-19)20-9-15(10-22)21-18(25)14-6-4-3-5-7-14/h13-16,20,22-23H,3-12H2,1-2H3,(H,21,25). The highest BCUT2D eigenvalue weighted by atomic mass is 16.6. The summed E-state index contributed by atoms with van der Waals surface area (Å²) < 4.78 is 5.19. The molecule has 1 aliphatic carbocycles. The van der Waals surface area contributed by atoms with Crippen molar-refractivity contribution in [1.29, 1.82) is 0 Å². The highest BCUT2D eigenvalue weighted by molar-refractivity contribution is 5.94. The lowest BCUT2D eigenvalue weighted by atomic mass is 9.88. The number of epoxide rings is 1. The summed E-state index contributed by atoms with van der Waals surface area (Å²) in [4.78, 5) is 25.0. The first-order valence-electron chi connectivity index (χ1n) is 9.85. The molecule has 4 N–H and O–H groups in total. The van der Waals surface area contributed by atoms with E-state index >= 15 is 0 Å². The molecule has 0 spiro atoms. The van der Waals surface area contributed by atoms with Gasteiger partial charge in [-0.1, -0.05) is 33.1 Å². The molecule has 1 heterocycles. The Labute approximate surface area is 155 Å². The van der Waals surface area contributed by atoms with Gasteiger partial charge in [0, 0.05) is 12.5 Å². The molecule has 3 unspecified atom stereocenters. The van der Waals surface area contributed by atoms with Gasteiger partial charge in [-0.05, 0) is 25.2 Å². The lowest BCUT2D eigenvalue weighted by Crippen LogP contribution is -2.53. The first kappa shape index (κ1) is 21.3. The van der Waals surface area contributed by atoms with Crippen LogP contribution in [0, 0.1) is 11.8 Å². The maximum atomic E-state index is 12.7. The van der Waals surface area contributed by atoms with Gasteiger partial charge in [-0.15, -0.1) is 0 Å². The van der Waals surface area contributed by atoms with E-state index in [1.54, 1.807) is 0 Å². The van der Waals surface area contributed by atoms with E-state index in [1.165, 1.54) is 6.42 Å². The Kier molecular flexibility index (Phi) is 8.01. The summed E-state index contributed by atoms with van der Waals surface area (Å²) in [6.45, 7) is 4.10. The number of nitrogens with one attached hydrogen (secondary N) is 2. The largest absolute Gasteiger partial charge is 0.394 e. The molecule has 26 heavy (non-hydrogen) atoms. The highest BCUT2D eigenvalue weighted by Gasteiger charge is 2.53. The lowest BCUT2D eigenvalue weighted by molar-refractivity contribution is -0.128. The molecule has 150 valence electrons. The summed E-state index contributed by atoms with van der Waals surface area (Å²) in [6.07, 6.45) is 5.76. The molecule has 1 saturated heterocycles. The second kappa shape index (κ2) is 9.78. The maximum Gasteiger partial charge on any atom is 0.223 e. The van der Waals surface area contributed by atoms with E-state index in [1.807, 2.05) is 13.8 Å². The fourth-order valence-electron chi connectivity index (χ4n) is 3.60. The number of ether oxygens (including phenoxy) is 1. The molecule has 7 heteroatoms. The fraction of sp³-hybridized carbons (Fsp3) is 0.895. The second-order valence-electron chi connectivity index (χ2n) is 8.12. The molecule has 3 atom stereocenters. The van der Waals surface area contributed by atoms with Crippen LogP contribution in [0.4, 0.5) is 0 Å². The Balaban J connectivity index is 1.88. The highest BCUT2D eigenvalue weighted by Crippen LogP contribution is 2.30. The van der Waals surface area contributed by atoms with Crippen LogP contribution in [0.15, 0.2) is 0 Å². The van der Waals surface area contributed by atoms with Gasteiger partial charge in [-0.25, -0.2) is 0 Å². The van der Waals surface area contributed by atoms with E-state index in [-0.39, 0.29) is 43.3 Å². The van der Waals surface area contributed by atoms with Crippen molar-refractivity contribution in [1.82, 2.24) is 10.6 Å². The van der Waals surface area contributed by atoms with Crippen LogP contribution < -0.4 is 10.6 Å². The van der Waals surface area contributed by atoms with E-state index < -0.39 is 17.7 Å². The quantitative estimate of drug-likeness (QED) is 0.391. The summed E-state index contributed by atoms with van der Waals surface area (Å²) in [5, 5.41) is 25.1. The van der Waals surface area contributed by atoms with Crippen LogP contribution in [0.2, 0.25) is 0 Å². The van der Waals surface area contributed by atoms with E-state index in [9.17, 15) is 19.8 Å². The predicted octanol–water partition coefficient (Wildman–Crippen LogP) is 0.379. The van der Waals surface area contributed by atoms with E-state index in [2.05, 4.69) is 10.6 Å². The maximum absolute atomic E-state index is 12.7. The molecular formula is C19H34N2O5. The molecule has 1 saturated carbocycles. The Hall–Kier alpha value is -1.02. The van der Waals surface area contributed by atoms with Gasteiger partial charge in [-0.2, -0.15) is 0 Å². The van der Waals surface area contributed by atoms with E-state index in [4.69, 9.17) is 4.74 Å². The molecule has 0 radical (unpaired) electrons. The number of aliphatic hydroxyl groups excluding tert-OH is 2. The Bertz CT molecular complexity index is 473. The van der Waals surface area contributed by atoms with Crippen molar-refractivity contribution in [2.24, 2.45) is 11.8 Å². The number of hydrogen-bond donors (Lipinski definition) is 4. The van der Waals surface area contributed by atoms with Crippen molar-refractivity contribution in [3.8, 4) is 0 Å². The third-order valence-electron chi connectivity index (χ3n) is 5.37. The Morgan fingerprint density at radius 1 is 1.19 bits per heavy atom. The summed E-state index contributed by atoms with van der Waals surface area (Å²) >= 11 is 0. The SMILES string of the molecule is CC(C)CC(NCC(CO)NC(=O)C1CCCCC1)C(=O)C1(CO)CO1. The Morgan fingerprint density at radius 3 is 2.35 bits per heavy atom. The minimum atomic E-state index is -1.06. The van der Waals surface area contributed by atoms with Gasteiger partial charge >= 0.3 is 0 Å². The number of ketones is 1. The van der Waals surface area contributed by atoms with Gasteiger partial charge in [0.05, 0.1) is 31.9 Å². The van der Waals surface area contributed by atoms with E-state index in [0.717, 1.165) is 25.7 Å². The number of rotatable bonds is 11. The van der Waals surface area contributed by atoms with Crippen LogP contribution in [0.5, 0.6) is 0 Å². The molecule has 7 nitrogen and oxygen atoms in total. The summed E-state index contributed by atoms with van der Waals surface area (Å²) in [5.41, 5.74) is -1.06. The topological polar surface area (TPSA) is 111 Å². The van der Waals surface area contributed by atoms with Gasteiger partial charge in [0.1, 0.15) is 0 Å². The third-order valence-corrected chi connectivity index (χ3v) is 5.37. The number of carbonyl (C=O) groups excluding carboxylic acids is 2. The van der Waals surface area contributed by atoms with Gasteiger partial charge in [0.2, 0.25) is 5.91 Å². The number of amides is 1. The van der Waals surface area contributed by atoms with Crippen LogP contribution >= 0.6 is 0 Å². The number of Topliss-reactive ketones (excluding diaryl/α,β-unsaturated/α-hetero) is 1. The van der Waals surface area contributed by atoms with Gasteiger partial charge in [-0.3, -0.25) is 9.59 Å². The van der Waals surface area contributed by atoms with Gasteiger partial charge in [0.15, 0.2) is 11.4 Å². The summed E-state index contributed by atoms with van der Waals surface area (Å²) in [5.74, 6) is 0.164. The molecule has 0 bridgehead atoms. The van der Waals surface area contributed by atoms with Crippen molar-refractivity contribution in [3.05, 3.63) is 0 Å². The zero-order valence-electron chi connectivity index (χ0n) is 16.0. The molecule has 0 aromatic rings. The van der Waals surface area contributed by atoms with Crippen molar-refractivity contribution >= 4 is 11.7 Å². The molecule has 1 amide bonds. The normalized spacial score (nSPS) is 25.7. The minimum absolute atomic E-state index is 0.00496. The average molecular weight is 370 g/mol. The molecule has 2 fully saturated rings. The van der Waals surface area contributed by atoms with Gasteiger partial charge < -0.3 is 25.6 Å². The smallest absolute Gasteiger partial charge is 0.223 e. The zero-order chi connectivity index (χ0) is 19.2. The number of aliphatic hydroxyl groups is 2. The summed E-state index contributed by atoms with van der Waals surface area (Å²) in [7, 11) is 0. The third kappa shape index (κ3) is 5.74. The molecule has 1 aliphatic heterocycles. The molecule has 2 aliphatic rings. The van der Waals surface area contributed by atoms with E-state index in [0.29, 0.717) is 13.0 Å². The van der Waals surface area contributed by atoms with Crippen LogP contribution in [0.25, 0.3) is 0 Å². The Morgan fingerprint density at radius 2 is 1.85 bits per heavy atom. The predicted molar refractivity (Wildman–Crippen MR) is 97.6 cm³/mol. The van der Waals surface area contributed by atoms with Crippen molar-refractivity contribution in [2.45, 2.75) is 70.1 Å². The van der Waals surface area contributed by atoms with Crippen LogP contribution in [0.1, 0.15) is 52.4 Å². The second-order valence-corrected chi connectivity index (χ2v) is 8.12.